The summed E-state index contributed by atoms with van der Waals surface area (Å²) in [7, 11) is 0. The van der Waals surface area contributed by atoms with Crippen LogP contribution in [0.4, 0.5) is 15.2 Å². The average molecular weight is 306 g/mol. The fourth-order valence-corrected chi connectivity index (χ4v) is 3.39. The number of aromatic nitrogens is 1. The van der Waals surface area contributed by atoms with E-state index in [0.29, 0.717) is 0 Å². The molecule has 2 heterocycles. The monoisotopic (exact) mass is 306 g/mol. The van der Waals surface area contributed by atoms with Gasteiger partial charge < -0.3 is 15.5 Å². The predicted octanol–water partition coefficient (Wildman–Crippen LogP) is 2.63. The number of piperazine rings is 1. The first-order chi connectivity index (χ1) is 10.1. The van der Waals surface area contributed by atoms with Crippen molar-refractivity contribution in [3.8, 4) is 0 Å². The number of hydrogen-bond acceptors (Lipinski definition) is 5. The van der Waals surface area contributed by atoms with E-state index in [2.05, 4.69) is 14.8 Å². The minimum Gasteiger partial charge on any atom is -0.368 e. The molecule has 1 atom stereocenters. The molecule has 1 fully saturated rings. The van der Waals surface area contributed by atoms with Gasteiger partial charge in [0.2, 0.25) is 0 Å². The van der Waals surface area contributed by atoms with Crippen LogP contribution in [0.25, 0.3) is 0 Å². The Labute approximate surface area is 128 Å². The molecule has 1 saturated heterocycles. The van der Waals surface area contributed by atoms with Crippen LogP contribution >= 0.6 is 11.3 Å². The smallest absolute Gasteiger partial charge is 0.185 e. The number of halogens is 1. The molecule has 2 aromatic rings. The molecule has 6 heteroatoms. The Hall–Kier alpha value is -1.66. The van der Waals surface area contributed by atoms with Gasteiger partial charge in [-0.15, -0.1) is 11.3 Å². The summed E-state index contributed by atoms with van der Waals surface area (Å²) in [6.07, 6.45) is 1.83. The molecule has 0 bridgehead atoms. The van der Waals surface area contributed by atoms with Gasteiger partial charge in [0.15, 0.2) is 5.13 Å². The number of hydrogen-bond donors (Lipinski definition) is 1. The van der Waals surface area contributed by atoms with Gasteiger partial charge in [-0.25, -0.2) is 9.37 Å². The van der Waals surface area contributed by atoms with Gasteiger partial charge in [0, 0.05) is 49.5 Å². The van der Waals surface area contributed by atoms with Crippen LogP contribution in [0.1, 0.15) is 18.5 Å². The summed E-state index contributed by atoms with van der Waals surface area (Å²) in [6.45, 7) is 5.52. The van der Waals surface area contributed by atoms with Crippen molar-refractivity contribution in [2.45, 2.75) is 13.0 Å². The van der Waals surface area contributed by atoms with Crippen molar-refractivity contribution in [3.63, 3.8) is 0 Å². The summed E-state index contributed by atoms with van der Waals surface area (Å²) in [5.41, 5.74) is 7.90. The lowest BCUT2D eigenvalue weighted by molar-refractivity contribution is 0.616. The highest BCUT2D eigenvalue weighted by molar-refractivity contribution is 7.13. The van der Waals surface area contributed by atoms with Gasteiger partial charge in [0.05, 0.1) is 0 Å². The molecule has 1 unspecified atom stereocenters. The third-order valence-corrected chi connectivity index (χ3v) is 4.62. The summed E-state index contributed by atoms with van der Waals surface area (Å²) < 4.78 is 13.4. The normalized spacial score (nSPS) is 17.1. The lowest BCUT2D eigenvalue weighted by Gasteiger charge is -2.37. The highest BCUT2D eigenvalue weighted by Crippen LogP contribution is 2.28. The van der Waals surface area contributed by atoms with Crippen molar-refractivity contribution >= 4 is 22.2 Å². The number of rotatable bonds is 3. The molecule has 4 nitrogen and oxygen atoms in total. The molecular formula is C15H19FN4S. The zero-order valence-corrected chi connectivity index (χ0v) is 12.8. The maximum absolute atomic E-state index is 13.4. The lowest BCUT2D eigenvalue weighted by atomic mass is 10.0. The average Bonchev–Trinajstić information content (AvgIpc) is 3.01. The van der Waals surface area contributed by atoms with Crippen LogP contribution in [0.2, 0.25) is 0 Å². The van der Waals surface area contributed by atoms with Crippen molar-refractivity contribution in [2.24, 2.45) is 5.73 Å². The zero-order valence-electron chi connectivity index (χ0n) is 12.0. The van der Waals surface area contributed by atoms with E-state index in [4.69, 9.17) is 5.73 Å². The molecule has 1 aromatic carbocycles. The van der Waals surface area contributed by atoms with E-state index in [1.807, 2.05) is 24.6 Å². The maximum Gasteiger partial charge on any atom is 0.185 e. The molecule has 21 heavy (non-hydrogen) atoms. The molecule has 0 spiro atoms. The first kappa shape index (κ1) is 14.3. The maximum atomic E-state index is 13.4. The first-order valence-corrected chi connectivity index (χ1v) is 7.97. The fourth-order valence-electron chi connectivity index (χ4n) is 2.69. The second kappa shape index (κ2) is 5.99. The van der Waals surface area contributed by atoms with Crippen LogP contribution in [0.3, 0.4) is 0 Å². The number of nitrogens with two attached hydrogens (primary N) is 1. The summed E-state index contributed by atoms with van der Waals surface area (Å²) in [5.74, 6) is -0.229. The number of anilines is 2. The Morgan fingerprint density at radius 1 is 1.24 bits per heavy atom. The molecule has 1 aromatic heterocycles. The van der Waals surface area contributed by atoms with E-state index in [0.717, 1.165) is 42.6 Å². The van der Waals surface area contributed by atoms with Gasteiger partial charge in [0.1, 0.15) is 5.82 Å². The minimum atomic E-state index is -0.229. The second-order valence-corrected chi connectivity index (χ2v) is 6.15. The van der Waals surface area contributed by atoms with E-state index in [1.165, 1.54) is 6.07 Å². The van der Waals surface area contributed by atoms with Crippen LogP contribution in [-0.2, 0) is 0 Å². The lowest BCUT2D eigenvalue weighted by Crippen LogP contribution is -2.47. The van der Waals surface area contributed by atoms with Crippen molar-refractivity contribution < 1.29 is 4.39 Å². The standard InChI is InChI=1S/C15H19FN4S/c1-11(17)13-10-12(16)2-3-14(13)19-5-7-20(8-6-19)15-18-4-9-21-15/h2-4,9-11H,5-8,17H2,1H3. The minimum absolute atomic E-state index is 0.173. The Morgan fingerprint density at radius 3 is 2.57 bits per heavy atom. The number of thiazole rings is 1. The second-order valence-electron chi connectivity index (χ2n) is 5.28. The molecular weight excluding hydrogens is 287 g/mol. The van der Waals surface area contributed by atoms with Gasteiger partial charge in [-0.2, -0.15) is 0 Å². The molecule has 0 radical (unpaired) electrons. The van der Waals surface area contributed by atoms with Gasteiger partial charge in [-0.3, -0.25) is 0 Å². The molecule has 112 valence electrons. The van der Waals surface area contributed by atoms with Gasteiger partial charge in [0.25, 0.3) is 0 Å². The largest absolute Gasteiger partial charge is 0.368 e. The molecule has 0 aliphatic carbocycles. The third kappa shape index (κ3) is 3.01. The quantitative estimate of drug-likeness (QED) is 0.947. The van der Waals surface area contributed by atoms with Gasteiger partial charge in [-0.1, -0.05) is 0 Å². The van der Waals surface area contributed by atoms with E-state index < -0.39 is 0 Å². The number of benzene rings is 1. The number of nitrogens with zero attached hydrogens (tertiary/aromatic N) is 3. The van der Waals surface area contributed by atoms with Crippen LogP contribution in [0.15, 0.2) is 29.8 Å². The molecule has 3 rings (SSSR count). The van der Waals surface area contributed by atoms with Crippen LogP contribution in [0.5, 0.6) is 0 Å². The molecule has 1 aliphatic heterocycles. The predicted molar refractivity (Wildman–Crippen MR) is 85.5 cm³/mol. The van der Waals surface area contributed by atoms with Gasteiger partial charge in [-0.05, 0) is 30.7 Å². The Bertz CT molecular complexity index is 592. The molecule has 0 amide bonds. The summed E-state index contributed by atoms with van der Waals surface area (Å²) in [6, 6.07) is 4.72. The Morgan fingerprint density at radius 2 is 1.95 bits per heavy atom. The SMILES string of the molecule is CC(N)c1cc(F)ccc1N1CCN(c2nccs2)CC1. The molecule has 1 aliphatic rings. The van der Waals surface area contributed by atoms with Gasteiger partial charge >= 0.3 is 0 Å². The molecule has 2 N–H and O–H groups in total. The molecule has 0 saturated carbocycles. The van der Waals surface area contributed by atoms with E-state index >= 15 is 0 Å². The van der Waals surface area contributed by atoms with Crippen LogP contribution < -0.4 is 15.5 Å². The van der Waals surface area contributed by atoms with E-state index in [9.17, 15) is 4.39 Å². The Kier molecular flexibility index (Phi) is 4.07. The van der Waals surface area contributed by atoms with Crippen molar-refractivity contribution in [1.82, 2.24) is 4.98 Å². The summed E-state index contributed by atoms with van der Waals surface area (Å²) in [4.78, 5) is 8.92. The summed E-state index contributed by atoms with van der Waals surface area (Å²) >= 11 is 1.66. The van der Waals surface area contributed by atoms with Crippen LogP contribution in [0, 0.1) is 5.82 Å². The van der Waals surface area contributed by atoms with Crippen molar-refractivity contribution in [2.75, 3.05) is 36.0 Å². The van der Waals surface area contributed by atoms with Crippen LogP contribution in [-0.4, -0.2) is 31.2 Å². The van der Waals surface area contributed by atoms with E-state index in [-0.39, 0.29) is 11.9 Å². The third-order valence-electron chi connectivity index (χ3n) is 3.79. The summed E-state index contributed by atoms with van der Waals surface area (Å²) in [5, 5.41) is 3.07. The fraction of sp³-hybridized carbons (Fsp3) is 0.400. The zero-order chi connectivity index (χ0) is 14.8. The Balaban J connectivity index is 1.75. The first-order valence-electron chi connectivity index (χ1n) is 7.09. The highest BCUT2D eigenvalue weighted by atomic mass is 32.1. The van der Waals surface area contributed by atoms with Crippen molar-refractivity contribution in [1.29, 1.82) is 0 Å². The van der Waals surface area contributed by atoms with E-state index in [1.54, 1.807) is 17.4 Å². The van der Waals surface area contributed by atoms with Crippen molar-refractivity contribution in [3.05, 3.63) is 41.2 Å². The topological polar surface area (TPSA) is 45.4 Å². The highest BCUT2D eigenvalue weighted by Gasteiger charge is 2.21.